The molecule has 0 saturated heterocycles. The Morgan fingerprint density at radius 3 is 2.47 bits per heavy atom. The second-order valence-corrected chi connectivity index (χ2v) is 4.01. The van der Waals surface area contributed by atoms with E-state index >= 15 is 0 Å². The van der Waals surface area contributed by atoms with Crippen LogP contribution in [0.1, 0.15) is 24.3 Å². The second kappa shape index (κ2) is 5.29. The zero-order valence-electron chi connectivity index (χ0n) is 9.68. The van der Waals surface area contributed by atoms with Gasteiger partial charge in [-0.05, 0) is 18.1 Å². The van der Waals surface area contributed by atoms with Crippen molar-refractivity contribution >= 4 is 17.6 Å². The molecular formula is C11H15N3O3. The summed E-state index contributed by atoms with van der Waals surface area (Å²) < 4.78 is 0. The minimum Gasteiger partial charge on any atom is -0.480 e. The number of rotatable bonds is 4. The van der Waals surface area contributed by atoms with E-state index in [2.05, 4.69) is 10.3 Å². The molecule has 0 spiro atoms. The van der Waals surface area contributed by atoms with E-state index in [1.54, 1.807) is 13.8 Å². The molecule has 1 amide bonds. The summed E-state index contributed by atoms with van der Waals surface area (Å²) in [4.78, 5) is 26.4. The lowest BCUT2D eigenvalue weighted by Crippen LogP contribution is -2.44. The third kappa shape index (κ3) is 3.44. The maximum absolute atomic E-state index is 11.7. The van der Waals surface area contributed by atoms with Crippen LogP contribution >= 0.6 is 0 Å². The Hall–Kier alpha value is -2.11. The van der Waals surface area contributed by atoms with Crippen molar-refractivity contribution in [3.63, 3.8) is 0 Å². The van der Waals surface area contributed by atoms with Gasteiger partial charge < -0.3 is 16.2 Å². The van der Waals surface area contributed by atoms with Crippen LogP contribution in [-0.4, -0.2) is 28.0 Å². The van der Waals surface area contributed by atoms with Crippen molar-refractivity contribution in [1.29, 1.82) is 0 Å². The van der Waals surface area contributed by atoms with E-state index in [1.807, 2.05) is 0 Å². The van der Waals surface area contributed by atoms with E-state index in [4.69, 9.17) is 10.8 Å². The van der Waals surface area contributed by atoms with Crippen molar-refractivity contribution in [2.75, 3.05) is 5.73 Å². The third-order valence-electron chi connectivity index (χ3n) is 2.24. The van der Waals surface area contributed by atoms with Crippen molar-refractivity contribution in [1.82, 2.24) is 10.3 Å². The number of carboxylic acids is 1. The highest BCUT2D eigenvalue weighted by atomic mass is 16.4. The Morgan fingerprint density at radius 2 is 2.06 bits per heavy atom. The van der Waals surface area contributed by atoms with Crippen LogP contribution in [-0.2, 0) is 4.79 Å². The summed E-state index contributed by atoms with van der Waals surface area (Å²) in [5.41, 5.74) is 6.03. The maximum atomic E-state index is 11.7. The van der Waals surface area contributed by atoms with Gasteiger partial charge in [0.05, 0.1) is 11.9 Å². The summed E-state index contributed by atoms with van der Waals surface area (Å²) in [5.74, 6) is -1.79. The Labute approximate surface area is 98.8 Å². The molecule has 4 N–H and O–H groups in total. The molecule has 92 valence electrons. The Balaban J connectivity index is 2.77. The van der Waals surface area contributed by atoms with Crippen molar-refractivity contribution in [3.8, 4) is 0 Å². The number of nitrogens with one attached hydrogen (secondary N) is 1. The van der Waals surface area contributed by atoms with Crippen molar-refractivity contribution < 1.29 is 14.7 Å². The van der Waals surface area contributed by atoms with Crippen LogP contribution in [0.15, 0.2) is 18.3 Å². The Morgan fingerprint density at radius 1 is 1.41 bits per heavy atom. The molecule has 1 unspecified atom stereocenters. The summed E-state index contributed by atoms with van der Waals surface area (Å²) in [5, 5.41) is 11.3. The van der Waals surface area contributed by atoms with Crippen LogP contribution in [0.4, 0.5) is 5.69 Å². The monoisotopic (exact) mass is 237 g/mol. The summed E-state index contributed by atoms with van der Waals surface area (Å²) in [6.07, 6.45) is 1.35. The van der Waals surface area contributed by atoms with Gasteiger partial charge in [-0.15, -0.1) is 0 Å². The third-order valence-corrected chi connectivity index (χ3v) is 2.24. The van der Waals surface area contributed by atoms with Crippen LogP contribution in [0.3, 0.4) is 0 Å². The fraction of sp³-hybridized carbons (Fsp3) is 0.364. The highest BCUT2D eigenvalue weighted by Crippen LogP contribution is 2.05. The van der Waals surface area contributed by atoms with E-state index in [9.17, 15) is 9.59 Å². The van der Waals surface area contributed by atoms with Gasteiger partial charge in [-0.2, -0.15) is 0 Å². The molecule has 1 aromatic rings. The molecule has 1 rings (SSSR count). The molecule has 0 aliphatic rings. The molecule has 6 nitrogen and oxygen atoms in total. The van der Waals surface area contributed by atoms with E-state index in [0.717, 1.165) is 0 Å². The zero-order valence-corrected chi connectivity index (χ0v) is 9.68. The van der Waals surface area contributed by atoms with Crippen LogP contribution in [0.2, 0.25) is 0 Å². The molecule has 1 atom stereocenters. The molecule has 1 heterocycles. The fourth-order valence-electron chi connectivity index (χ4n) is 1.27. The van der Waals surface area contributed by atoms with Gasteiger partial charge >= 0.3 is 5.97 Å². The van der Waals surface area contributed by atoms with Crippen LogP contribution in [0, 0.1) is 5.92 Å². The molecule has 6 heteroatoms. The molecule has 0 fully saturated rings. The SMILES string of the molecule is CC(C)C(NC(=O)c1ccc(N)cn1)C(=O)O. The number of aromatic nitrogens is 1. The average Bonchev–Trinajstić information content (AvgIpc) is 2.25. The minimum absolute atomic E-state index is 0.145. The van der Waals surface area contributed by atoms with Crippen molar-refractivity contribution in [2.45, 2.75) is 19.9 Å². The van der Waals surface area contributed by atoms with Gasteiger partial charge in [-0.3, -0.25) is 4.79 Å². The first kappa shape index (κ1) is 13.0. The number of aliphatic carboxylic acids is 1. The van der Waals surface area contributed by atoms with E-state index in [-0.39, 0.29) is 11.6 Å². The van der Waals surface area contributed by atoms with Gasteiger partial charge in [0.1, 0.15) is 11.7 Å². The van der Waals surface area contributed by atoms with E-state index in [1.165, 1.54) is 18.3 Å². The number of anilines is 1. The Kier molecular flexibility index (Phi) is 4.03. The van der Waals surface area contributed by atoms with Gasteiger partial charge in [-0.1, -0.05) is 13.8 Å². The number of nitrogens with zero attached hydrogens (tertiary/aromatic N) is 1. The standard InChI is InChI=1S/C11H15N3O3/c1-6(2)9(11(16)17)14-10(15)8-4-3-7(12)5-13-8/h3-6,9H,12H2,1-2H3,(H,14,15)(H,16,17). The number of carbonyl (C=O) groups excluding carboxylic acids is 1. The number of nitrogens with two attached hydrogens (primary N) is 1. The molecule has 0 bridgehead atoms. The largest absolute Gasteiger partial charge is 0.480 e. The van der Waals surface area contributed by atoms with Gasteiger partial charge in [0.25, 0.3) is 5.91 Å². The van der Waals surface area contributed by atoms with Gasteiger partial charge in [-0.25, -0.2) is 9.78 Å². The lowest BCUT2D eigenvalue weighted by Gasteiger charge is -2.17. The molecule has 0 aliphatic heterocycles. The summed E-state index contributed by atoms with van der Waals surface area (Å²) in [6, 6.07) is 2.05. The summed E-state index contributed by atoms with van der Waals surface area (Å²) in [6.45, 7) is 3.44. The second-order valence-electron chi connectivity index (χ2n) is 4.01. The number of pyridine rings is 1. The molecule has 0 aromatic carbocycles. The molecular weight excluding hydrogens is 222 g/mol. The highest BCUT2D eigenvalue weighted by molar-refractivity contribution is 5.95. The Bertz CT molecular complexity index is 414. The molecule has 0 saturated carbocycles. The first-order valence-electron chi connectivity index (χ1n) is 5.17. The quantitative estimate of drug-likeness (QED) is 0.707. The van der Waals surface area contributed by atoms with Gasteiger partial charge in [0.15, 0.2) is 0 Å². The van der Waals surface area contributed by atoms with Gasteiger partial charge in [0, 0.05) is 0 Å². The number of carbonyl (C=O) groups is 2. The predicted molar refractivity (Wildman–Crippen MR) is 62.4 cm³/mol. The molecule has 0 aliphatic carbocycles. The summed E-state index contributed by atoms with van der Waals surface area (Å²) >= 11 is 0. The van der Waals surface area contributed by atoms with Crippen molar-refractivity contribution in [2.24, 2.45) is 5.92 Å². The van der Waals surface area contributed by atoms with Crippen LogP contribution in [0.5, 0.6) is 0 Å². The number of amides is 1. The predicted octanol–water partition coefficient (Wildman–Crippen LogP) is 0.503. The fourth-order valence-corrected chi connectivity index (χ4v) is 1.27. The van der Waals surface area contributed by atoms with Gasteiger partial charge in [0.2, 0.25) is 0 Å². The lowest BCUT2D eigenvalue weighted by atomic mass is 10.0. The van der Waals surface area contributed by atoms with E-state index in [0.29, 0.717) is 5.69 Å². The number of hydrogen-bond acceptors (Lipinski definition) is 4. The number of nitrogen functional groups attached to an aromatic ring is 1. The lowest BCUT2D eigenvalue weighted by molar-refractivity contribution is -0.140. The molecule has 1 aromatic heterocycles. The van der Waals surface area contributed by atoms with Crippen molar-refractivity contribution in [3.05, 3.63) is 24.0 Å². The summed E-state index contributed by atoms with van der Waals surface area (Å²) in [7, 11) is 0. The minimum atomic E-state index is -1.07. The zero-order chi connectivity index (χ0) is 13.0. The topological polar surface area (TPSA) is 105 Å². The van der Waals surface area contributed by atoms with Crippen LogP contribution < -0.4 is 11.1 Å². The first-order chi connectivity index (χ1) is 7.91. The number of carboxylic acid groups (broad SMARTS) is 1. The first-order valence-corrected chi connectivity index (χ1v) is 5.17. The average molecular weight is 237 g/mol. The smallest absolute Gasteiger partial charge is 0.326 e. The number of hydrogen-bond donors (Lipinski definition) is 3. The highest BCUT2D eigenvalue weighted by Gasteiger charge is 2.24. The molecule has 17 heavy (non-hydrogen) atoms. The van der Waals surface area contributed by atoms with Crippen LogP contribution in [0.25, 0.3) is 0 Å². The normalized spacial score (nSPS) is 12.2. The maximum Gasteiger partial charge on any atom is 0.326 e. The molecule has 0 radical (unpaired) electrons. The van der Waals surface area contributed by atoms with E-state index < -0.39 is 17.9 Å².